The predicted molar refractivity (Wildman–Crippen MR) is 411 cm³/mol. The van der Waals surface area contributed by atoms with Gasteiger partial charge in [0, 0.05) is 0 Å². The fourth-order valence-electron chi connectivity index (χ4n) is 11.5. The summed E-state index contributed by atoms with van der Waals surface area (Å²) < 4.78 is 0. The Labute approximate surface area is 541 Å². The van der Waals surface area contributed by atoms with E-state index in [-0.39, 0.29) is 0 Å². The molecule has 0 heterocycles. The normalized spacial score (nSPS) is 10.2. The van der Waals surface area contributed by atoms with Crippen molar-refractivity contribution in [3.8, 4) is 0 Å². The van der Waals surface area contributed by atoms with Crippen molar-refractivity contribution in [2.75, 3.05) is 0 Å². The Morgan fingerprint density at radius 3 is 0.933 bits per heavy atom. The molecule has 15 rings (SSSR count). The van der Waals surface area contributed by atoms with Gasteiger partial charge in [-0.2, -0.15) is 0 Å². The third-order valence-electron chi connectivity index (χ3n) is 17.0. The third kappa shape index (κ3) is 16.2. The van der Waals surface area contributed by atoms with Gasteiger partial charge in [-0.1, -0.05) is 288 Å². The lowest BCUT2D eigenvalue weighted by Gasteiger charge is -2.09. The van der Waals surface area contributed by atoms with Crippen molar-refractivity contribution in [3.63, 3.8) is 0 Å². The van der Waals surface area contributed by atoms with Crippen LogP contribution in [0.2, 0.25) is 0 Å². The summed E-state index contributed by atoms with van der Waals surface area (Å²) in [6, 6.07) is 87.6. The Morgan fingerprint density at radius 2 is 0.433 bits per heavy atom. The molecule has 0 aliphatic rings. The standard InChI is InChI=1S/5C16H14.5C2H6/c1-11-7-15-9-13-5-3-4-6-14(13)10-16(15)8-12(11)2;1-11-7-9-16-14(12(11)2)10-8-13-5-3-4-6-15(13)16;1-11-9-14-8-7-13-5-3-4-6-15(13)16(14)10-12(11)2;1-11-7-8-15-9-13-5-3-4-6-14(13)10-16(15)12(11)2;1-11-7-8-14-10-9-13-5-3-4-6-15(13)16(14)12(11)2;5*1-2/h5*3-10H,1-2H3;5*1-2H3. The molecule has 0 aliphatic heterocycles. The van der Waals surface area contributed by atoms with E-state index in [1.165, 1.54) is 163 Å². The Bertz CT molecular complexity index is 4630. The summed E-state index contributed by atoms with van der Waals surface area (Å²) in [4.78, 5) is 0. The van der Waals surface area contributed by atoms with Gasteiger partial charge in [0.2, 0.25) is 0 Å². The van der Waals surface area contributed by atoms with Crippen LogP contribution in [0.15, 0.2) is 243 Å². The molecule has 0 saturated heterocycles. The maximum atomic E-state index is 2.30. The summed E-state index contributed by atoms with van der Waals surface area (Å²) >= 11 is 0. The van der Waals surface area contributed by atoms with Crippen LogP contribution in [-0.2, 0) is 0 Å². The van der Waals surface area contributed by atoms with Gasteiger partial charge in [0.15, 0.2) is 0 Å². The van der Waals surface area contributed by atoms with Crippen molar-refractivity contribution >= 4 is 108 Å². The maximum Gasteiger partial charge on any atom is -0.00735 e. The van der Waals surface area contributed by atoms with Gasteiger partial charge in [-0.3, -0.25) is 0 Å². The SMILES string of the molecule is CC.CC.CC.CC.CC.Cc1cc2cc3ccccc3cc2cc1C.Cc1cc2ccc3ccccc3c2cc1C.Cc1ccc2c(ccc3ccccc32)c1C.Cc1ccc2cc3ccccc3cc2c1C.Cc1ccc2ccc3ccccc3c2c1C. The largest absolute Gasteiger partial charge is 0.0683 e. The van der Waals surface area contributed by atoms with Crippen LogP contribution in [0.5, 0.6) is 0 Å². The lowest BCUT2D eigenvalue weighted by Crippen LogP contribution is -1.85. The molecule has 90 heavy (non-hydrogen) atoms. The number of rotatable bonds is 0. The van der Waals surface area contributed by atoms with Crippen LogP contribution in [-0.4, -0.2) is 0 Å². The van der Waals surface area contributed by atoms with Gasteiger partial charge in [-0.25, -0.2) is 0 Å². The molecule has 0 bridgehead atoms. The minimum atomic E-state index is 1.32. The van der Waals surface area contributed by atoms with Gasteiger partial charge < -0.3 is 0 Å². The smallest absolute Gasteiger partial charge is 0.00735 e. The first-order valence-corrected chi connectivity index (χ1v) is 33.2. The number of hydrogen-bond acceptors (Lipinski definition) is 0. The molecule has 460 valence electrons. The summed E-state index contributed by atoms with van der Waals surface area (Å²) in [5.74, 6) is 0. The summed E-state index contributed by atoms with van der Waals surface area (Å²) in [5.41, 5.74) is 13.7. The molecule has 15 aromatic rings. The zero-order valence-corrected chi connectivity index (χ0v) is 58.1. The zero-order valence-electron chi connectivity index (χ0n) is 58.1. The van der Waals surface area contributed by atoms with Crippen molar-refractivity contribution in [2.45, 2.75) is 138 Å². The molecular formula is C90H100. The summed E-state index contributed by atoms with van der Waals surface area (Å²) in [6.07, 6.45) is 0. The molecule has 0 radical (unpaired) electrons. The maximum absolute atomic E-state index is 2.30. The first kappa shape index (κ1) is 70.0. The average molecular weight is 1180 g/mol. The second-order valence-corrected chi connectivity index (χ2v) is 22.1. The molecule has 0 aliphatic carbocycles. The van der Waals surface area contributed by atoms with Crippen LogP contribution in [0.3, 0.4) is 0 Å². The summed E-state index contributed by atoms with van der Waals surface area (Å²) in [7, 11) is 0. The highest BCUT2D eigenvalue weighted by Crippen LogP contribution is 2.33. The van der Waals surface area contributed by atoms with Crippen LogP contribution in [0, 0.1) is 69.2 Å². The second kappa shape index (κ2) is 34.0. The van der Waals surface area contributed by atoms with E-state index >= 15 is 0 Å². The fourth-order valence-corrected chi connectivity index (χ4v) is 11.5. The van der Waals surface area contributed by atoms with E-state index in [1.54, 1.807) is 0 Å². The minimum absolute atomic E-state index is 1.32. The molecule has 15 aromatic carbocycles. The van der Waals surface area contributed by atoms with Crippen LogP contribution in [0.4, 0.5) is 0 Å². The van der Waals surface area contributed by atoms with Crippen molar-refractivity contribution in [1.82, 2.24) is 0 Å². The van der Waals surface area contributed by atoms with Crippen LogP contribution in [0.25, 0.3) is 108 Å². The predicted octanol–water partition coefficient (Wildman–Crippen LogP) is 28.2. The van der Waals surface area contributed by atoms with E-state index in [1.807, 2.05) is 69.2 Å². The lowest BCUT2D eigenvalue weighted by molar-refractivity contribution is 1.37. The molecule has 0 amide bonds. The Hall–Kier alpha value is -9.10. The Balaban J connectivity index is 0.000000173. The van der Waals surface area contributed by atoms with Gasteiger partial charge in [0.1, 0.15) is 0 Å². The summed E-state index contributed by atoms with van der Waals surface area (Å²) in [6.45, 7) is 41.8. The van der Waals surface area contributed by atoms with E-state index in [0.717, 1.165) is 0 Å². The molecule has 0 saturated carbocycles. The average Bonchev–Trinajstić information content (AvgIpc) is 0.971. The fraction of sp³-hybridized carbons (Fsp3) is 0.222. The van der Waals surface area contributed by atoms with Gasteiger partial charge in [-0.15, -0.1) is 0 Å². The van der Waals surface area contributed by atoms with E-state index in [0.29, 0.717) is 0 Å². The molecule has 0 spiro atoms. The van der Waals surface area contributed by atoms with Crippen molar-refractivity contribution in [1.29, 1.82) is 0 Å². The van der Waals surface area contributed by atoms with E-state index in [9.17, 15) is 0 Å². The monoisotopic (exact) mass is 1180 g/mol. The zero-order chi connectivity index (χ0) is 65.6. The molecule has 0 fully saturated rings. The number of aryl methyl sites for hydroxylation is 10. The molecule has 0 nitrogen and oxygen atoms in total. The van der Waals surface area contributed by atoms with Crippen molar-refractivity contribution in [3.05, 3.63) is 298 Å². The molecule has 0 unspecified atom stereocenters. The van der Waals surface area contributed by atoms with Crippen LogP contribution in [0.1, 0.15) is 125 Å². The van der Waals surface area contributed by atoms with E-state index in [2.05, 4.69) is 312 Å². The van der Waals surface area contributed by atoms with Crippen LogP contribution < -0.4 is 0 Å². The van der Waals surface area contributed by atoms with Gasteiger partial charge >= 0.3 is 0 Å². The van der Waals surface area contributed by atoms with Crippen molar-refractivity contribution in [2.24, 2.45) is 0 Å². The quantitative estimate of drug-likeness (QED) is 0.105. The van der Waals surface area contributed by atoms with E-state index in [4.69, 9.17) is 0 Å². The highest BCUT2D eigenvalue weighted by molar-refractivity contribution is 6.11. The Kier molecular flexibility index (Phi) is 26.5. The Morgan fingerprint density at radius 1 is 0.144 bits per heavy atom. The van der Waals surface area contributed by atoms with Gasteiger partial charge in [0.25, 0.3) is 0 Å². The lowest BCUT2D eigenvalue weighted by atomic mass is 9.96. The summed E-state index contributed by atoms with van der Waals surface area (Å²) in [5, 5.41) is 26.8. The minimum Gasteiger partial charge on any atom is -0.0683 e. The molecule has 0 N–H and O–H groups in total. The van der Waals surface area contributed by atoms with Gasteiger partial charge in [-0.05, 0) is 257 Å². The first-order valence-electron chi connectivity index (χ1n) is 33.2. The highest BCUT2D eigenvalue weighted by Gasteiger charge is 2.08. The highest BCUT2D eigenvalue weighted by atomic mass is 14.1. The van der Waals surface area contributed by atoms with Crippen molar-refractivity contribution < 1.29 is 0 Å². The van der Waals surface area contributed by atoms with E-state index < -0.39 is 0 Å². The second-order valence-electron chi connectivity index (χ2n) is 22.1. The topological polar surface area (TPSA) is 0 Å². The van der Waals surface area contributed by atoms with Gasteiger partial charge in [0.05, 0.1) is 0 Å². The molecular weight excluding hydrogens is 1080 g/mol. The van der Waals surface area contributed by atoms with Crippen LogP contribution >= 0.6 is 0 Å². The third-order valence-corrected chi connectivity index (χ3v) is 17.0. The number of hydrogen-bond donors (Lipinski definition) is 0. The molecule has 0 atom stereocenters. The molecule has 0 aromatic heterocycles. The first-order chi connectivity index (χ1) is 43.8. The number of benzene rings is 15. The molecule has 0 heteroatoms. The number of fused-ring (bicyclic) bond motifs is 13.